The fourth-order valence-corrected chi connectivity index (χ4v) is 11.5. The number of allylic oxidation sites excluding steroid dienone is 16. The fraction of sp³-hybridized carbons (Fsp3) is 0.740. The van der Waals surface area contributed by atoms with Gasteiger partial charge in [-0.3, -0.25) is 37.3 Å². The molecule has 0 saturated heterocycles. The number of hydrogen-bond donors (Lipinski definition) is 3. The van der Waals surface area contributed by atoms with Gasteiger partial charge >= 0.3 is 39.5 Å². The standard InChI is InChI=1S/C77H134O17P2/c1-5-9-13-17-21-25-29-33-35-39-41-45-49-53-57-61-74(79)87-67-72(93-76(81)63-59-55-51-47-43-37-31-27-23-19-15-11-7-3)69-91-95(83,84)89-65-71(78)66-90-96(85,86)92-70-73(94-77(82)64-60-56-52-48-44-38-32-28-24-20-16-12-8-4)68-88-75(80)62-58-54-50-46-42-40-36-34-30-26-22-18-14-10-6-2/h9-10,13-15,19,21-22,25-27,31,33-36,71-73,78H,5-8,11-12,16-18,20,23-24,28-30,32,37-70H2,1-4H3,(H,83,84)(H,85,86)/b13-9-,14-10-,19-15-,25-21-,26-22-,31-27-,35-33-,36-34-. The van der Waals surface area contributed by atoms with E-state index >= 15 is 0 Å². The van der Waals surface area contributed by atoms with Crippen LogP contribution in [0.4, 0.5) is 0 Å². The van der Waals surface area contributed by atoms with Crippen LogP contribution in [-0.4, -0.2) is 96.7 Å². The van der Waals surface area contributed by atoms with Gasteiger partial charge in [0, 0.05) is 25.7 Å². The number of phosphoric ester groups is 2. The molecule has 5 atom stereocenters. The number of aliphatic hydroxyl groups is 1. The van der Waals surface area contributed by atoms with Crippen LogP contribution in [0.15, 0.2) is 97.2 Å². The molecule has 3 N–H and O–H groups in total. The number of aliphatic hydroxyl groups excluding tert-OH is 1. The number of rotatable bonds is 70. The molecule has 0 saturated carbocycles. The molecule has 0 fully saturated rings. The summed E-state index contributed by atoms with van der Waals surface area (Å²) < 4.78 is 68.4. The van der Waals surface area contributed by atoms with E-state index in [9.17, 15) is 43.2 Å². The minimum Gasteiger partial charge on any atom is -0.462 e. The molecule has 0 amide bonds. The Morgan fingerprint density at radius 3 is 0.875 bits per heavy atom. The van der Waals surface area contributed by atoms with Gasteiger partial charge in [0.2, 0.25) is 0 Å². The first kappa shape index (κ1) is 92.0. The van der Waals surface area contributed by atoms with Crippen LogP contribution in [0.25, 0.3) is 0 Å². The second kappa shape index (κ2) is 69.5. The van der Waals surface area contributed by atoms with E-state index in [0.717, 1.165) is 180 Å². The zero-order valence-corrected chi connectivity index (χ0v) is 62.1. The van der Waals surface area contributed by atoms with Crippen LogP contribution in [-0.2, 0) is 65.4 Å². The van der Waals surface area contributed by atoms with E-state index < -0.39 is 97.5 Å². The predicted molar refractivity (Wildman–Crippen MR) is 390 cm³/mol. The van der Waals surface area contributed by atoms with Crippen molar-refractivity contribution < 1.29 is 80.2 Å². The first-order chi connectivity index (χ1) is 46.7. The highest BCUT2D eigenvalue weighted by Gasteiger charge is 2.30. The summed E-state index contributed by atoms with van der Waals surface area (Å²) in [7, 11) is -9.95. The van der Waals surface area contributed by atoms with Crippen LogP contribution in [0.5, 0.6) is 0 Å². The van der Waals surface area contributed by atoms with Crippen molar-refractivity contribution in [2.24, 2.45) is 0 Å². The summed E-state index contributed by atoms with van der Waals surface area (Å²) in [4.78, 5) is 72.8. The van der Waals surface area contributed by atoms with Crippen molar-refractivity contribution >= 4 is 39.5 Å². The van der Waals surface area contributed by atoms with Gasteiger partial charge in [0.15, 0.2) is 12.2 Å². The van der Waals surface area contributed by atoms with Crippen LogP contribution >= 0.6 is 15.6 Å². The normalized spacial score (nSPS) is 14.5. The molecule has 0 aliphatic heterocycles. The quantitative estimate of drug-likeness (QED) is 0.0169. The van der Waals surface area contributed by atoms with Crippen LogP contribution in [0.2, 0.25) is 0 Å². The third kappa shape index (κ3) is 68.5. The highest BCUT2D eigenvalue weighted by atomic mass is 31.2. The Kier molecular flexibility index (Phi) is 66.6. The van der Waals surface area contributed by atoms with Crippen molar-refractivity contribution in [3.63, 3.8) is 0 Å². The predicted octanol–water partition coefficient (Wildman–Crippen LogP) is 21.2. The molecule has 0 heterocycles. The lowest BCUT2D eigenvalue weighted by Crippen LogP contribution is -2.30. The van der Waals surface area contributed by atoms with Gasteiger partial charge in [-0.15, -0.1) is 0 Å². The maximum absolute atomic E-state index is 13.1. The number of unbranched alkanes of at least 4 members (excludes halogenated alkanes) is 28. The van der Waals surface area contributed by atoms with Crippen LogP contribution < -0.4 is 0 Å². The largest absolute Gasteiger partial charge is 0.472 e. The third-order valence-electron chi connectivity index (χ3n) is 15.5. The lowest BCUT2D eigenvalue weighted by molar-refractivity contribution is -0.161. The summed E-state index contributed by atoms with van der Waals surface area (Å²) in [6, 6.07) is 0. The number of ether oxygens (including phenoxy) is 4. The Bertz CT molecular complexity index is 2200. The molecule has 5 unspecified atom stereocenters. The van der Waals surface area contributed by atoms with E-state index in [4.69, 9.17) is 37.0 Å². The molecular weight excluding hydrogens is 1260 g/mol. The molecule has 19 heteroatoms. The summed E-state index contributed by atoms with van der Waals surface area (Å²) in [5.41, 5.74) is 0. The minimum atomic E-state index is -4.98. The van der Waals surface area contributed by atoms with Crippen LogP contribution in [0.1, 0.15) is 310 Å². The molecule has 0 aliphatic carbocycles. The SMILES string of the molecule is CC/C=C\C/C=C\C/C=C\CCCCCCCC(=O)OCC(COP(=O)(O)OCC(O)COP(=O)(O)OCC(COC(=O)CCCCCCC/C=C\C/C=C\C/C=C\CC)OC(=O)CCCCCCCCCCCCCCC)OC(=O)CCCCCCC/C=C\C/C=C\CCC. The second-order valence-corrected chi connectivity index (χ2v) is 27.7. The molecule has 0 radical (unpaired) electrons. The van der Waals surface area contributed by atoms with Crippen molar-refractivity contribution in [2.75, 3.05) is 39.6 Å². The second-order valence-electron chi connectivity index (χ2n) is 24.8. The number of carbonyl (C=O) groups excluding carboxylic acids is 4. The van der Waals surface area contributed by atoms with E-state index in [2.05, 4.69) is 125 Å². The molecule has 0 aliphatic rings. The van der Waals surface area contributed by atoms with E-state index in [0.29, 0.717) is 25.7 Å². The maximum atomic E-state index is 13.1. The minimum absolute atomic E-state index is 0.0746. The van der Waals surface area contributed by atoms with Crippen molar-refractivity contribution in [1.29, 1.82) is 0 Å². The molecule has 0 aromatic heterocycles. The Balaban J connectivity index is 5.35. The Morgan fingerprint density at radius 2 is 0.562 bits per heavy atom. The number of esters is 4. The van der Waals surface area contributed by atoms with Gasteiger partial charge in [-0.2, -0.15) is 0 Å². The van der Waals surface area contributed by atoms with Gasteiger partial charge in [-0.05, 0) is 116 Å². The molecule has 0 aromatic carbocycles. The molecule has 0 spiro atoms. The van der Waals surface area contributed by atoms with Gasteiger partial charge in [0.25, 0.3) is 0 Å². The third-order valence-corrected chi connectivity index (χ3v) is 17.4. The maximum Gasteiger partial charge on any atom is 0.472 e. The fourth-order valence-electron chi connectivity index (χ4n) is 9.87. The lowest BCUT2D eigenvalue weighted by Gasteiger charge is -2.21. The highest BCUT2D eigenvalue weighted by Crippen LogP contribution is 2.45. The molecule has 0 bridgehead atoms. The topological polar surface area (TPSA) is 237 Å². The first-order valence-corrected chi connectivity index (χ1v) is 40.5. The van der Waals surface area contributed by atoms with E-state index in [1.54, 1.807) is 0 Å². The summed E-state index contributed by atoms with van der Waals surface area (Å²) in [5.74, 6) is -2.21. The van der Waals surface area contributed by atoms with Gasteiger partial charge in [0.05, 0.1) is 26.4 Å². The van der Waals surface area contributed by atoms with Crippen molar-refractivity contribution in [3.05, 3.63) is 97.2 Å². The van der Waals surface area contributed by atoms with E-state index in [-0.39, 0.29) is 25.7 Å². The summed E-state index contributed by atoms with van der Waals surface area (Å²) in [5, 5.41) is 10.6. The molecule has 96 heavy (non-hydrogen) atoms. The summed E-state index contributed by atoms with van der Waals surface area (Å²) in [6.07, 6.45) is 71.1. The number of carbonyl (C=O) groups is 4. The van der Waals surface area contributed by atoms with Crippen molar-refractivity contribution in [3.8, 4) is 0 Å². The summed E-state index contributed by atoms with van der Waals surface area (Å²) in [6.45, 7) is 4.55. The molecule has 0 aromatic rings. The lowest BCUT2D eigenvalue weighted by atomic mass is 10.0. The Hall–Kier alpha value is -4.02. The van der Waals surface area contributed by atoms with Gasteiger partial charge < -0.3 is 33.8 Å². The average molecular weight is 1390 g/mol. The zero-order chi connectivity index (χ0) is 70.4. The van der Waals surface area contributed by atoms with Crippen LogP contribution in [0, 0.1) is 0 Å². The van der Waals surface area contributed by atoms with Gasteiger partial charge in [-0.1, -0.05) is 266 Å². The zero-order valence-electron chi connectivity index (χ0n) is 60.3. The van der Waals surface area contributed by atoms with E-state index in [1.165, 1.54) is 51.4 Å². The monoisotopic (exact) mass is 1390 g/mol. The molecule has 17 nitrogen and oxygen atoms in total. The van der Waals surface area contributed by atoms with E-state index in [1.807, 2.05) is 0 Å². The summed E-state index contributed by atoms with van der Waals surface area (Å²) >= 11 is 0. The Labute approximate surface area is 582 Å². The van der Waals surface area contributed by atoms with Gasteiger partial charge in [0.1, 0.15) is 19.3 Å². The number of phosphoric acid groups is 2. The van der Waals surface area contributed by atoms with Crippen molar-refractivity contribution in [1.82, 2.24) is 0 Å². The van der Waals surface area contributed by atoms with Gasteiger partial charge in [-0.25, -0.2) is 9.13 Å². The molecule has 554 valence electrons. The van der Waals surface area contributed by atoms with Crippen molar-refractivity contribution in [2.45, 2.75) is 329 Å². The highest BCUT2D eigenvalue weighted by molar-refractivity contribution is 7.47. The smallest absolute Gasteiger partial charge is 0.462 e. The number of hydrogen-bond acceptors (Lipinski definition) is 15. The molecular formula is C77H134O17P2. The first-order valence-electron chi connectivity index (χ1n) is 37.5. The molecule has 0 rings (SSSR count). The Morgan fingerprint density at radius 1 is 0.302 bits per heavy atom. The average Bonchev–Trinajstić information content (AvgIpc) is 1.14. The van der Waals surface area contributed by atoms with Crippen LogP contribution in [0.3, 0.4) is 0 Å².